The van der Waals surface area contributed by atoms with E-state index in [2.05, 4.69) is 11.9 Å². The lowest BCUT2D eigenvalue weighted by molar-refractivity contribution is -0.181. The van der Waals surface area contributed by atoms with Crippen molar-refractivity contribution in [2.75, 3.05) is 14.2 Å². The number of esters is 2. The molecule has 0 saturated carbocycles. The van der Waals surface area contributed by atoms with E-state index in [0.29, 0.717) is 18.0 Å². The zero-order chi connectivity index (χ0) is 18.2. The number of benzene rings is 1. The largest absolute Gasteiger partial charge is 0.468 e. The van der Waals surface area contributed by atoms with Crippen LogP contribution in [-0.4, -0.2) is 49.2 Å². The van der Waals surface area contributed by atoms with Gasteiger partial charge in [0, 0.05) is 18.5 Å². The third kappa shape index (κ3) is 2.74. The number of ether oxygens (including phenoxy) is 2. The van der Waals surface area contributed by atoms with E-state index in [4.69, 9.17) is 9.47 Å². The molecule has 1 aromatic rings. The van der Waals surface area contributed by atoms with Crippen molar-refractivity contribution in [1.29, 1.82) is 0 Å². The van der Waals surface area contributed by atoms with Gasteiger partial charge in [-0.3, -0.25) is 9.69 Å². The van der Waals surface area contributed by atoms with Crippen molar-refractivity contribution in [2.24, 2.45) is 11.3 Å². The second-order valence-corrected chi connectivity index (χ2v) is 7.49. The Hall–Kier alpha value is -1.88. The minimum Gasteiger partial charge on any atom is -0.468 e. The minimum absolute atomic E-state index is 0.0000216. The summed E-state index contributed by atoms with van der Waals surface area (Å²) in [5.74, 6) is -0.644. The molecule has 2 bridgehead atoms. The van der Waals surface area contributed by atoms with Gasteiger partial charge in [-0.1, -0.05) is 32.0 Å². The molecule has 0 aromatic heterocycles. The Balaban J connectivity index is 1.97. The van der Waals surface area contributed by atoms with E-state index in [1.54, 1.807) is 12.1 Å². The van der Waals surface area contributed by atoms with Crippen molar-refractivity contribution >= 4 is 11.9 Å². The summed E-state index contributed by atoms with van der Waals surface area (Å²) in [5, 5.41) is 0. The summed E-state index contributed by atoms with van der Waals surface area (Å²) in [6.45, 7) is 4.04. The van der Waals surface area contributed by atoms with Crippen LogP contribution in [0.3, 0.4) is 0 Å². The third-order valence-corrected chi connectivity index (χ3v) is 6.16. The summed E-state index contributed by atoms with van der Waals surface area (Å²) in [7, 11) is 3.49. The average Bonchev–Trinajstić information content (AvgIpc) is 2.87. The molecule has 2 heterocycles. The molecule has 2 saturated heterocycles. The van der Waals surface area contributed by atoms with Gasteiger partial charge in [-0.2, -0.15) is 0 Å². The average molecular weight is 345 g/mol. The van der Waals surface area contributed by atoms with E-state index in [1.165, 1.54) is 7.11 Å². The van der Waals surface area contributed by atoms with Gasteiger partial charge in [0.25, 0.3) is 0 Å². The van der Waals surface area contributed by atoms with Crippen LogP contribution in [0.2, 0.25) is 0 Å². The molecule has 1 aromatic carbocycles. The van der Waals surface area contributed by atoms with Crippen LogP contribution in [0.25, 0.3) is 0 Å². The summed E-state index contributed by atoms with van der Waals surface area (Å²) >= 11 is 0. The lowest BCUT2D eigenvalue weighted by Gasteiger charge is -2.51. The van der Waals surface area contributed by atoms with Crippen LogP contribution < -0.4 is 0 Å². The highest BCUT2D eigenvalue weighted by Crippen LogP contribution is 2.52. The Morgan fingerprint density at radius 2 is 1.88 bits per heavy atom. The zero-order valence-corrected chi connectivity index (χ0v) is 15.4. The maximum atomic E-state index is 13.0. The molecular weight excluding hydrogens is 318 g/mol. The van der Waals surface area contributed by atoms with Gasteiger partial charge < -0.3 is 9.47 Å². The second kappa shape index (κ2) is 6.79. The Bertz CT molecular complexity index is 644. The zero-order valence-electron chi connectivity index (χ0n) is 15.4. The van der Waals surface area contributed by atoms with Crippen LogP contribution in [0.15, 0.2) is 30.3 Å². The van der Waals surface area contributed by atoms with E-state index in [0.717, 1.165) is 12.8 Å². The fourth-order valence-electron chi connectivity index (χ4n) is 4.88. The van der Waals surface area contributed by atoms with Crippen molar-refractivity contribution in [3.63, 3.8) is 0 Å². The van der Waals surface area contributed by atoms with Crippen molar-refractivity contribution in [2.45, 2.75) is 51.3 Å². The molecule has 0 N–H and O–H groups in total. The summed E-state index contributed by atoms with van der Waals surface area (Å²) in [6.07, 6.45) is 2.14. The SMILES string of the molecule is COC(=O)[C@@]1(C(C)C)[C@@H](OC(=O)c2ccccc2)C[C@H]2CC[C@@H]1N2C. The number of piperidine rings is 1. The number of nitrogens with zero attached hydrogens (tertiary/aromatic N) is 1. The molecule has 3 rings (SSSR count). The first-order valence-corrected chi connectivity index (χ1v) is 8.99. The quantitative estimate of drug-likeness (QED) is 0.786. The first-order chi connectivity index (χ1) is 11.9. The summed E-state index contributed by atoms with van der Waals surface area (Å²) in [6, 6.07) is 9.33. The van der Waals surface area contributed by atoms with E-state index in [9.17, 15) is 9.59 Å². The Kier molecular flexibility index (Phi) is 4.87. The van der Waals surface area contributed by atoms with Crippen molar-refractivity contribution in [3.8, 4) is 0 Å². The predicted octanol–water partition coefficient (Wildman–Crippen LogP) is 2.89. The number of hydrogen-bond donors (Lipinski definition) is 0. The number of carbonyl (C=O) groups is 2. The first-order valence-electron chi connectivity index (χ1n) is 8.99. The van der Waals surface area contributed by atoms with Gasteiger partial charge in [0.15, 0.2) is 0 Å². The van der Waals surface area contributed by atoms with Gasteiger partial charge >= 0.3 is 11.9 Å². The summed E-state index contributed by atoms with van der Waals surface area (Å²) in [5.41, 5.74) is -0.322. The van der Waals surface area contributed by atoms with Crippen molar-refractivity contribution in [3.05, 3.63) is 35.9 Å². The van der Waals surface area contributed by atoms with Crippen LogP contribution in [0, 0.1) is 11.3 Å². The Morgan fingerprint density at radius 3 is 2.48 bits per heavy atom. The topological polar surface area (TPSA) is 55.8 Å². The number of rotatable bonds is 4. The molecule has 0 amide bonds. The summed E-state index contributed by atoms with van der Waals surface area (Å²) in [4.78, 5) is 27.9. The van der Waals surface area contributed by atoms with E-state index >= 15 is 0 Å². The molecular formula is C20H27NO4. The highest BCUT2D eigenvalue weighted by atomic mass is 16.6. The lowest BCUT2D eigenvalue weighted by atomic mass is 9.64. The smallest absolute Gasteiger partial charge is 0.338 e. The van der Waals surface area contributed by atoms with Gasteiger partial charge in [0.1, 0.15) is 11.5 Å². The monoisotopic (exact) mass is 345 g/mol. The molecule has 25 heavy (non-hydrogen) atoms. The molecule has 0 unspecified atom stereocenters. The Labute approximate surface area is 149 Å². The Morgan fingerprint density at radius 1 is 1.20 bits per heavy atom. The minimum atomic E-state index is -0.832. The van der Waals surface area contributed by atoms with E-state index in [-0.39, 0.29) is 23.9 Å². The number of carbonyl (C=O) groups excluding carboxylic acids is 2. The van der Waals surface area contributed by atoms with Crippen LogP contribution in [0.1, 0.15) is 43.5 Å². The fraction of sp³-hybridized carbons (Fsp3) is 0.600. The van der Waals surface area contributed by atoms with E-state index < -0.39 is 11.5 Å². The van der Waals surface area contributed by atoms with E-state index in [1.807, 2.05) is 32.0 Å². The number of fused-ring (bicyclic) bond motifs is 2. The highest BCUT2D eigenvalue weighted by Gasteiger charge is 2.63. The first kappa shape index (κ1) is 17.9. The van der Waals surface area contributed by atoms with Gasteiger partial charge in [0.05, 0.1) is 12.7 Å². The standard InChI is InChI=1S/C20H27NO4/c1-13(2)20(19(23)24-4)16-11-10-15(21(16)3)12-17(20)25-18(22)14-8-6-5-7-9-14/h5-9,13,15-17H,10-12H2,1-4H3/t15-,16+,17+,20-/m1/s1. The number of hydrogen-bond acceptors (Lipinski definition) is 5. The molecule has 0 aliphatic carbocycles. The number of methoxy groups -OCH3 is 1. The normalized spacial score (nSPS) is 31.8. The molecule has 0 radical (unpaired) electrons. The molecule has 5 heteroatoms. The molecule has 2 aliphatic rings. The molecule has 2 aliphatic heterocycles. The van der Waals surface area contributed by atoms with Crippen LogP contribution >= 0.6 is 0 Å². The van der Waals surface area contributed by atoms with Gasteiger partial charge in [-0.15, -0.1) is 0 Å². The van der Waals surface area contributed by atoms with Crippen LogP contribution in [0.4, 0.5) is 0 Å². The maximum absolute atomic E-state index is 13.0. The third-order valence-electron chi connectivity index (χ3n) is 6.16. The summed E-state index contributed by atoms with van der Waals surface area (Å²) < 4.78 is 11.2. The fourth-order valence-corrected chi connectivity index (χ4v) is 4.88. The predicted molar refractivity (Wildman–Crippen MR) is 94.1 cm³/mol. The molecule has 136 valence electrons. The highest BCUT2D eigenvalue weighted by molar-refractivity contribution is 5.90. The maximum Gasteiger partial charge on any atom is 0.338 e. The molecule has 5 nitrogen and oxygen atoms in total. The second-order valence-electron chi connectivity index (χ2n) is 7.49. The van der Waals surface area contributed by atoms with Gasteiger partial charge in [0.2, 0.25) is 0 Å². The van der Waals surface area contributed by atoms with Crippen molar-refractivity contribution in [1.82, 2.24) is 4.90 Å². The van der Waals surface area contributed by atoms with Crippen LogP contribution in [0.5, 0.6) is 0 Å². The van der Waals surface area contributed by atoms with Crippen LogP contribution in [-0.2, 0) is 14.3 Å². The van der Waals surface area contributed by atoms with Gasteiger partial charge in [-0.05, 0) is 37.9 Å². The molecule has 4 atom stereocenters. The molecule has 2 fully saturated rings. The molecule has 0 spiro atoms. The van der Waals surface area contributed by atoms with Crippen molar-refractivity contribution < 1.29 is 19.1 Å². The van der Waals surface area contributed by atoms with Gasteiger partial charge in [-0.25, -0.2) is 4.79 Å². The lowest BCUT2D eigenvalue weighted by Crippen LogP contribution is -2.64.